The van der Waals surface area contributed by atoms with Crippen molar-refractivity contribution in [3.63, 3.8) is 0 Å². The lowest BCUT2D eigenvalue weighted by Crippen LogP contribution is -2.32. The Morgan fingerprint density at radius 1 is 1.42 bits per heavy atom. The Labute approximate surface area is 117 Å². The largest absolute Gasteiger partial charge is 0.492 e. The second-order valence-electron chi connectivity index (χ2n) is 5.46. The minimum Gasteiger partial charge on any atom is -0.492 e. The van der Waals surface area contributed by atoms with Gasteiger partial charge in [0.05, 0.1) is 17.2 Å². The molecule has 1 aromatic rings. The molecule has 0 amide bonds. The molecular weight excluding hydrogens is 262 g/mol. The predicted molar refractivity (Wildman–Crippen MR) is 73.3 cm³/mol. The van der Waals surface area contributed by atoms with Crippen molar-refractivity contribution >= 4 is 17.7 Å². The van der Waals surface area contributed by atoms with Crippen molar-refractivity contribution in [3.05, 3.63) is 28.8 Å². The van der Waals surface area contributed by atoms with Crippen LogP contribution in [0.1, 0.15) is 37.7 Å². The van der Waals surface area contributed by atoms with Crippen LogP contribution in [-0.4, -0.2) is 12.7 Å². The highest BCUT2D eigenvalue weighted by Crippen LogP contribution is 2.49. The van der Waals surface area contributed by atoms with E-state index in [0.29, 0.717) is 16.7 Å². The first-order valence-electron chi connectivity index (χ1n) is 6.76. The Bertz CT molecular complexity index is 529. The Kier molecular flexibility index (Phi) is 3.34. The Morgan fingerprint density at radius 2 is 2.21 bits per heavy atom. The molecular formula is C15H16ClNO2. The number of hydrogen-bond donors (Lipinski definition) is 0. The van der Waals surface area contributed by atoms with Crippen LogP contribution in [0.25, 0.3) is 0 Å². The van der Waals surface area contributed by atoms with E-state index >= 15 is 0 Å². The average Bonchev–Trinajstić information content (AvgIpc) is 3.17. The molecule has 0 atom stereocenters. The summed E-state index contributed by atoms with van der Waals surface area (Å²) < 4.78 is 5.77. The van der Waals surface area contributed by atoms with E-state index in [1.54, 1.807) is 6.08 Å². The van der Waals surface area contributed by atoms with E-state index in [1.165, 1.54) is 12.8 Å². The summed E-state index contributed by atoms with van der Waals surface area (Å²) >= 11 is 6.43. The van der Waals surface area contributed by atoms with Gasteiger partial charge in [-0.3, -0.25) is 0 Å². The zero-order valence-corrected chi connectivity index (χ0v) is 11.4. The number of benzene rings is 1. The van der Waals surface area contributed by atoms with Crippen molar-refractivity contribution in [2.75, 3.05) is 6.61 Å². The number of ether oxygens (including phenoxy) is 1. The van der Waals surface area contributed by atoms with Crippen LogP contribution >= 0.6 is 11.6 Å². The van der Waals surface area contributed by atoms with Gasteiger partial charge in [-0.2, -0.15) is 4.99 Å². The van der Waals surface area contributed by atoms with Gasteiger partial charge in [0.25, 0.3) is 0 Å². The Hall–Kier alpha value is -1.31. The van der Waals surface area contributed by atoms with Crippen molar-refractivity contribution in [1.29, 1.82) is 0 Å². The van der Waals surface area contributed by atoms with Crippen molar-refractivity contribution in [2.24, 2.45) is 10.9 Å². The summed E-state index contributed by atoms with van der Waals surface area (Å²) in [5.74, 6) is 1.39. The molecule has 3 rings (SSSR count). The highest BCUT2D eigenvalue weighted by molar-refractivity contribution is 6.33. The second kappa shape index (κ2) is 4.99. The van der Waals surface area contributed by atoms with E-state index in [1.807, 2.05) is 18.2 Å². The van der Waals surface area contributed by atoms with Gasteiger partial charge in [-0.25, -0.2) is 4.79 Å². The smallest absolute Gasteiger partial charge is 0.235 e. The van der Waals surface area contributed by atoms with E-state index in [-0.39, 0.29) is 0 Å². The van der Waals surface area contributed by atoms with Crippen LogP contribution in [0.15, 0.2) is 23.2 Å². The third-order valence-corrected chi connectivity index (χ3v) is 4.47. The number of halogens is 1. The summed E-state index contributed by atoms with van der Waals surface area (Å²) in [6, 6.07) is 5.74. The maximum atomic E-state index is 10.6. The van der Waals surface area contributed by atoms with E-state index < -0.39 is 5.54 Å². The van der Waals surface area contributed by atoms with Crippen LogP contribution in [-0.2, 0) is 10.3 Å². The zero-order chi connectivity index (χ0) is 13.3. The number of nitrogens with zero attached hydrogens (tertiary/aromatic N) is 1. The summed E-state index contributed by atoms with van der Waals surface area (Å²) in [5.41, 5.74) is 0.440. The van der Waals surface area contributed by atoms with Crippen molar-refractivity contribution in [2.45, 2.75) is 37.6 Å². The lowest BCUT2D eigenvalue weighted by atomic mass is 9.72. The van der Waals surface area contributed by atoms with Crippen LogP contribution in [0, 0.1) is 5.92 Å². The quantitative estimate of drug-likeness (QED) is 0.606. The molecule has 0 saturated heterocycles. The number of aliphatic imine (C=N–C) groups is 1. The first-order chi connectivity index (χ1) is 9.25. The molecule has 4 heteroatoms. The topological polar surface area (TPSA) is 38.7 Å². The van der Waals surface area contributed by atoms with E-state index in [2.05, 4.69) is 4.99 Å². The summed E-state index contributed by atoms with van der Waals surface area (Å²) in [6.45, 7) is 0.729. The highest BCUT2D eigenvalue weighted by Gasteiger charge is 2.41. The minimum atomic E-state index is -0.461. The zero-order valence-electron chi connectivity index (χ0n) is 10.7. The fourth-order valence-electron chi connectivity index (χ4n) is 2.51. The third-order valence-electron chi connectivity index (χ3n) is 4.08. The molecule has 0 N–H and O–H groups in total. The third kappa shape index (κ3) is 2.41. The molecule has 2 fully saturated rings. The molecule has 2 aliphatic carbocycles. The van der Waals surface area contributed by atoms with Crippen molar-refractivity contribution in [1.82, 2.24) is 0 Å². The minimum absolute atomic E-state index is 0.461. The van der Waals surface area contributed by atoms with E-state index in [4.69, 9.17) is 16.3 Å². The monoisotopic (exact) mass is 277 g/mol. The number of rotatable bonds is 5. The molecule has 100 valence electrons. The van der Waals surface area contributed by atoms with Gasteiger partial charge in [0, 0.05) is 5.56 Å². The first kappa shape index (κ1) is 12.7. The number of hydrogen-bond acceptors (Lipinski definition) is 3. The van der Waals surface area contributed by atoms with E-state index in [0.717, 1.165) is 31.4 Å². The Morgan fingerprint density at radius 3 is 2.79 bits per heavy atom. The molecule has 3 nitrogen and oxygen atoms in total. The fourth-order valence-corrected chi connectivity index (χ4v) is 2.87. The van der Waals surface area contributed by atoms with Gasteiger partial charge in [-0.05, 0) is 44.1 Å². The summed E-state index contributed by atoms with van der Waals surface area (Å²) in [7, 11) is 0. The van der Waals surface area contributed by atoms with Crippen LogP contribution < -0.4 is 4.74 Å². The van der Waals surface area contributed by atoms with Crippen LogP contribution in [0.2, 0.25) is 5.02 Å². The van der Waals surface area contributed by atoms with Crippen LogP contribution in [0.5, 0.6) is 5.75 Å². The molecule has 0 bridgehead atoms. The summed E-state index contributed by atoms with van der Waals surface area (Å²) in [4.78, 5) is 14.6. The van der Waals surface area contributed by atoms with Crippen molar-refractivity contribution < 1.29 is 9.53 Å². The summed E-state index contributed by atoms with van der Waals surface area (Å²) in [6.07, 6.45) is 6.96. The fraction of sp³-hybridized carbons (Fsp3) is 0.533. The number of carbonyl (C=O) groups excluding carboxylic acids is 1. The van der Waals surface area contributed by atoms with Gasteiger partial charge < -0.3 is 4.74 Å². The van der Waals surface area contributed by atoms with Crippen LogP contribution in [0.4, 0.5) is 0 Å². The predicted octanol–water partition coefficient (Wildman–Crippen LogP) is 3.84. The maximum absolute atomic E-state index is 10.6. The molecule has 1 aromatic carbocycles. The molecule has 2 saturated carbocycles. The average molecular weight is 278 g/mol. The molecule has 0 aromatic heterocycles. The van der Waals surface area contributed by atoms with Crippen molar-refractivity contribution in [3.8, 4) is 5.75 Å². The molecule has 0 heterocycles. The molecule has 2 aliphatic rings. The molecule has 0 spiro atoms. The first-order valence-corrected chi connectivity index (χ1v) is 7.14. The standard InChI is InChI=1S/C15H16ClNO2/c16-14-12(15(17-10-18)7-2-8-15)3-1-4-13(14)19-9-11-5-6-11/h1,3-4,11H,2,5-9H2. The van der Waals surface area contributed by atoms with Gasteiger partial charge in [0.15, 0.2) is 0 Å². The maximum Gasteiger partial charge on any atom is 0.235 e. The normalized spacial score (nSPS) is 20.3. The van der Waals surface area contributed by atoms with Gasteiger partial charge in [-0.15, -0.1) is 0 Å². The SMILES string of the molecule is O=C=NC1(c2cccc(OCC3CC3)c2Cl)CCC1. The molecule has 0 aliphatic heterocycles. The van der Waals surface area contributed by atoms with Crippen LogP contribution in [0.3, 0.4) is 0 Å². The van der Waals surface area contributed by atoms with Gasteiger partial charge >= 0.3 is 0 Å². The molecule has 0 unspecified atom stereocenters. The summed E-state index contributed by atoms with van der Waals surface area (Å²) in [5, 5.41) is 0.599. The molecule has 0 radical (unpaired) electrons. The highest BCUT2D eigenvalue weighted by atomic mass is 35.5. The lowest BCUT2D eigenvalue weighted by molar-refractivity contribution is 0.253. The van der Waals surface area contributed by atoms with Gasteiger partial charge in [0.2, 0.25) is 6.08 Å². The van der Waals surface area contributed by atoms with E-state index in [9.17, 15) is 4.79 Å². The molecule has 19 heavy (non-hydrogen) atoms. The second-order valence-corrected chi connectivity index (χ2v) is 5.84. The lowest BCUT2D eigenvalue weighted by Gasteiger charge is -2.37. The number of isocyanates is 1. The van der Waals surface area contributed by atoms with Gasteiger partial charge in [0.1, 0.15) is 5.75 Å². The van der Waals surface area contributed by atoms with Gasteiger partial charge in [-0.1, -0.05) is 23.7 Å². The Balaban J connectivity index is 1.88.